The number of likely N-dealkylation sites (tertiary alicyclic amines) is 2. The van der Waals surface area contributed by atoms with Crippen LogP contribution >= 0.6 is 0 Å². The maximum Gasteiger partial charge on any atom is 0.259 e. The van der Waals surface area contributed by atoms with Crippen LogP contribution in [0.1, 0.15) is 35.2 Å². The van der Waals surface area contributed by atoms with Gasteiger partial charge in [-0.15, -0.1) is 5.10 Å². The Morgan fingerprint density at radius 2 is 1.79 bits per heavy atom. The van der Waals surface area contributed by atoms with Gasteiger partial charge in [0, 0.05) is 26.2 Å². The molecule has 8 nitrogen and oxygen atoms in total. The van der Waals surface area contributed by atoms with Crippen LogP contribution in [0, 0.1) is 24.0 Å². The number of hydrogen-bond donors (Lipinski definition) is 0. The summed E-state index contributed by atoms with van der Waals surface area (Å²) in [4.78, 5) is 28.5. The Bertz CT molecular complexity index is 925. The molecule has 1 aromatic heterocycles. The van der Waals surface area contributed by atoms with Gasteiger partial charge in [-0.05, 0) is 53.7 Å². The molecule has 10 heteroatoms. The first-order valence-electron chi connectivity index (χ1n) is 9.61. The number of carbonyl (C=O) groups excluding carboxylic acids is 2. The van der Waals surface area contributed by atoms with Gasteiger partial charge in [0.25, 0.3) is 5.91 Å². The molecule has 2 saturated heterocycles. The zero-order chi connectivity index (χ0) is 20.6. The fourth-order valence-corrected chi connectivity index (χ4v) is 4.24. The highest BCUT2D eigenvalue weighted by atomic mass is 19.1. The van der Waals surface area contributed by atoms with E-state index >= 15 is 0 Å². The van der Waals surface area contributed by atoms with Gasteiger partial charge < -0.3 is 9.80 Å². The largest absolute Gasteiger partial charge is 0.341 e. The van der Waals surface area contributed by atoms with Crippen LogP contribution in [-0.4, -0.2) is 68.0 Å². The van der Waals surface area contributed by atoms with Gasteiger partial charge >= 0.3 is 0 Å². The fourth-order valence-electron chi connectivity index (χ4n) is 4.24. The van der Waals surface area contributed by atoms with Crippen LogP contribution in [0.25, 0.3) is 0 Å². The van der Waals surface area contributed by atoms with Crippen molar-refractivity contribution >= 4 is 11.8 Å². The highest BCUT2D eigenvalue weighted by molar-refractivity contribution is 5.95. The number of rotatable bonds is 3. The molecule has 29 heavy (non-hydrogen) atoms. The zero-order valence-corrected chi connectivity index (χ0v) is 16.1. The number of hydrogen-bond acceptors (Lipinski definition) is 5. The molecular formula is C19H22F2N6O2. The molecule has 0 radical (unpaired) electrons. The molecule has 154 valence electrons. The Morgan fingerprint density at radius 1 is 1.10 bits per heavy atom. The lowest BCUT2D eigenvalue weighted by molar-refractivity contribution is -0.131. The van der Waals surface area contributed by atoms with Crippen LogP contribution in [0.4, 0.5) is 8.78 Å². The van der Waals surface area contributed by atoms with E-state index in [-0.39, 0.29) is 23.4 Å². The van der Waals surface area contributed by atoms with E-state index in [1.165, 1.54) is 28.9 Å². The fraction of sp³-hybridized carbons (Fsp3) is 0.526. The minimum Gasteiger partial charge on any atom is -0.341 e. The molecule has 2 fully saturated rings. The van der Waals surface area contributed by atoms with Crippen LogP contribution in [0.15, 0.2) is 18.5 Å². The molecule has 0 atom stereocenters. The van der Waals surface area contributed by atoms with E-state index in [0.717, 1.165) is 12.5 Å². The van der Waals surface area contributed by atoms with Gasteiger partial charge in [-0.3, -0.25) is 9.59 Å². The van der Waals surface area contributed by atoms with Crippen molar-refractivity contribution < 1.29 is 18.4 Å². The lowest BCUT2D eigenvalue weighted by Crippen LogP contribution is -2.45. The minimum atomic E-state index is -0.835. The number of benzene rings is 1. The number of nitrogens with zero attached hydrogens (tertiary/aromatic N) is 6. The third-order valence-electron chi connectivity index (χ3n) is 6.09. The van der Waals surface area contributed by atoms with Crippen molar-refractivity contribution in [2.75, 3.05) is 26.2 Å². The first-order chi connectivity index (χ1) is 13.9. The summed E-state index contributed by atoms with van der Waals surface area (Å²) in [6.07, 6.45) is 3.64. The number of aromatic nitrogens is 4. The summed E-state index contributed by atoms with van der Waals surface area (Å²) in [5, 5.41) is 10.8. The van der Waals surface area contributed by atoms with Crippen molar-refractivity contribution in [3.63, 3.8) is 0 Å². The molecule has 0 N–H and O–H groups in total. The summed E-state index contributed by atoms with van der Waals surface area (Å²) in [7, 11) is 0. The van der Waals surface area contributed by atoms with Gasteiger partial charge in [0.2, 0.25) is 5.91 Å². The third-order valence-corrected chi connectivity index (χ3v) is 6.09. The first-order valence-corrected chi connectivity index (χ1v) is 9.61. The molecule has 0 aliphatic carbocycles. The Labute approximate surface area is 166 Å². The molecule has 1 spiro atoms. The van der Waals surface area contributed by atoms with Crippen molar-refractivity contribution in [1.29, 1.82) is 0 Å². The average molecular weight is 404 g/mol. The molecule has 2 aliphatic heterocycles. The van der Waals surface area contributed by atoms with Crippen LogP contribution in [0.3, 0.4) is 0 Å². The summed E-state index contributed by atoms with van der Waals surface area (Å²) in [6.45, 7) is 3.70. The predicted octanol–water partition coefficient (Wildman–Crippen LogP) is 1.41. The van der Waals surface area contributed by atoms with Crippen molar-refractivity contribution in [2.45, 2.75) is 32.7 Å². The zero-order valence-electron chi connectivity index (χ0n) is 16.1. The third kappa shape index (κ3) is 3.70. The molecule has 4 rings (SSSR count). The number of carbonyl (C=O) groups is 2. The minimum absolute atomic E-state index is 0.0448. The van der Waals surface area contributed by atoms with E-state index in [1.54, 1.807) is 4.90 Å². The van der Waals surface area contributed by atoms with Gasteiger partial charge in [0.1, 0.15) is 30.1 Å². The van der Waals surface area contributed by atoms with Gasteiger partial charge in [-0.2, -0.15) is 0 Å². The van der Waals surface area contributed by atoms with Crippen LogP contribution in [-0.2, 0) is 11.3 Å². The van der Waals surface area contributed by atoms with Crippen LogP contribution in [0.5, 0.6) is 0 Å². The highest BCUT2D eigenvalue weighted by Gasteiger charge is 2.43. The van der Waals surface area contributed by atoms with Gasteiger partial charge in [0.15, 0.2) is 0 Å². The smallest absolute Gasteiger partial charge is 0.259 e. The summed E-state index contributed by atoms with van der Waals surface area (Å²) >= 11 is 0. The van der Waals surface area contributed by atoms with Crippen molar-refractivity contribution in [2.24, 2.45) is 5.41 Å². The van der Waals surface area contributed by atoms with Crippen molar-refractivity contribution in [3.8, 4) is 0 Å². The Kier molecular flexibility index (Phi) is 5.01. The van der Waals surface area contributed by atoms with Crippen LogP contribution in [0.2, 0.25) is 0 Å². The molecule has 0 unspecified atom stereocenters. The van der Waals surface area contributed by atoms with Crippen LogP contribution < -0.4 is 0 Å². The van der Waals surface area contributed by atoms with E-state index < -0.39 is 23.1 Å². The number of halogens is 2. The quantitative estimate of drug-likeness (QED) is 0.773. The summed E-state index contributed by atoms with van der Waals surface area (Å²) in [5.41, 5.74) is -0.294. The second-order valence-electron chi connectivity index (χ2n) is 7.92. The second kappa shape index (κ2) is 7.49. The van der Waals surface area contributed by atoms with E-state index in [2.05, 4.69) is 15.5 Å². The monoisotopic (exact) mass is 404 g/mol. The molecule has 0 bridgehead atoms. The normalized spacial score (nSPS) is 18.4. The Hall–Kier alpha value is -2.91. The number of aryl methyl sites for hydroxylation is 1. The summed E-state index contributed by atoms with van der Waals surface area (Å²) in [5.74, 6) is -2.28. The van der Waals surface area contributed by atoms with E-state index in [0.29, 0.717) is 39.0 Å². The van der Waals surface area contributed by atoms with E-state index in [1.807, 2.05) is 0 Å². The van der Waals surface area contributed by atoms with Gasteiger partial charge in [-0.25, -0.2) is 13.5 Å². The van der Waals surface area contributed by atoms with Gasteiger partial charge in [0.05, 0.1) is 0 Å². The standard InChI is InChI=1S/C19H22F2N6O2/c1-13-2-3-14(20)16(17(13)21)18(29)25-7-4-19(5-8-25)6-9-26(11-19)15(28)10-27-12-22-23-24-27/h2-3,12H,4-11H2,1H3. The maximum absolute atomic E-state index is 14.3. The molecule has 0 saturated carbocycles. The Balaban J connectivity index is 1.38. The summed E-state index contributed by atoms with van der Waals surface area (Å²) < 4.78 is 29.8. The topological polar surface area (TPSA) is 84.2 Å². The maximum atomic E-state index is 14.3. The summed E-state index contributed by atoms with van der Waals surface area (Å²) in [6, 6.07) is 2.45. The van der Waals surface area contributed by atoms with Gasteiger partial charge in [-0.1, -0.05) is 6.07 Å². The number of amides is 2. The molecular weight excluding hydrogens is 382 g/mol. The number of piperidine rings is 1. The molecule has 2 aromatic rings. The molecule has 2 amide bonds. The highest BCUT2D eigenvalue weighted by Crippen LogP contribution is 2.40. The van der Waals surface area contributed by atoms with Crippen molar-refractivity contribution in [1.82, 2.24) is 30.0 Å². The molecule has 1 aromatic carbocycles. The SMILES string of the molecule is Cc1ccc(F)c(C(=O)N2CCC3(CCN(C(=O)Cn4cnnn4)C3)CC2)c1F. The van der Waals surface area contributed by atoms with E-state index in [9.17, 15) is 18.4 Å². The molecule has 3 heterocycles. The lowest BCUT2D eigenvalue weighted by Gasteiger charge is -2.39. The molecule has 2 aliphatic rings. The van der Waals surface area contributed by atoms with E-state index in [4.69, 9.17) is 0 Å². The number of tetrazole rings is 1. The predicted molar refractivity (Wildman–Crippen MR) is 97.7 cm³/mol. The average Bonchev–Trinajstić information content (AvgIpc) is 3.36. The first kappa shape index (κ1) is 19.4. The second-order valence-corrected chi connectivity index (χ2v) is 7.92. The Morgan fingerprint density at radius 3 is 2.45 bits per heavy atom. The van der Waals surface area contributed by atoms with Crippen molar-refractivity contribution in [3.05, 3.63) is 41.2 Å². The lowest BCUT2D eigenvalue weighted by atomic mass is 9.77.